The molecule has 1 saturated heterocycles. The summed E-state index contributed by atoms with van der Waals surface area (Å²) in [6.07, 6.45) is 0. The van der Waals surface area contributed by atoms with Gasteiger partial charge in [0.05, 0.1) is 0 Å². The Balaban J connectivity index is 1.91. The second kappa shape index (κ2) is 8.97. The van der Waals surface area contributed by atoms with Crippen molar-refractivity contribution in [2.24, 2.45) is 5.92 Å². The summed E-state index contributed by atoms with van der Waals surface area (Å²) < 4.78 is 13.3. The van der Waals surface area contributed by atoms with Crippen molar-refractivity contribution in [3.8, 4) is 0 Å². The lowest BCUT2D eigenvalue weighted by Crippen LogP contribution is -2.48. The van der Waals surface area contributed by atoms with E-state index in [-0.39, 0.29) is 23.0 Å². The van der Waals surface area contributed by atoms with Crippen LogP contribution in [-0.4, -0.2) is 35.1 Å². The Morgan fingerprint density at radius 1 is 1.18 bits per heavy atom. The van der Waals surface area contributed by atoms with Crippen LogP contribution >= 0.6 is 23.4 Å². The fourth-order valence-electron chi connectivity index (χ4n) is 3.00. The Labute approximate surface area is 173 Å². The summed E-state index contributed by atoms with van der Waals surface area (Å²) in [5.74, 6) is 0.0272. The molecule has 0 saturated carbocycles. The first-order valence-corrected chi connectivity index (χ1v) is 10.5. The second-order valence-electron chi connectivity index (χ2n) is 7.11. The lowest BCUT2D eigenvalue weighted by molar-refractivity contribution is -0.125. The second-order valence-corrected chi connectivity index (χ2v) is 8.66. The molecule has 1 heterocycles. The molecule has 1 fully saturated rings. The van der Waals surface area contributed by atoms with Crippen LogP contribution in [0.15, 0.2) is 48.5 Å². The molecule has 1 N–H and O–H groups in total. The number of nitrogens with one attached hydrogen (secondary N) is 1. The van der Waals surface area contributed by atoms with Gasteiger partial charge in [0.25, 0.3) is 5.91 Å². The molecule has 0 aromatic heterocycles. The highest BCUT2D eigenvalue weighted by molar-refractivity contribution is 7.99. The Kier molecular flexibility index (Phi) is 6.62. The molecule has 2 amide bonds. The predicted molar refractivity (Wildman–Crippen MR) is 111 cm³/mol. The number of thioether (sulfide) groups is 1. The van der Waals surface area contributed by atoms with Gasteiger partial charge in [0, 0.05) is 22.9 Å². The van der Waals surface area contributed by atoms with Crippen molar-refractivity contribution in [1.29, 1.82) is 0 Å². The zero-order valence-corrected chi connectivity index (χ0v) is 17.3. The first-order valence-electron chi connectivity index (χ1n) is 9.10. The first-order chi connectivity index (χ1) is 13.4. The number of carbonyl (C=O) groups excluding carboxylic acids is 2. The molecule has 7 heteroatoms. The minimum absolute atomic E-state index is 0.173. The largest absolute Gasteiger partial charge is 0.354 e. The van der Waals surface area contributed by atoms with Gasteiger partial charge in [-0.3, -0.25) is 9.59 Å². The van der Waals surface area contributed by atoms with Gasteiger partial charge in [-0.15, -0.1) is 11.8 Å². The topological polar surface area (TPSA) is 49.4 Å². The number of rotatable bonds is 5. The smallest absolute Gasteiger partial charge is 0.255 e. The summed E-state index contributed by atoms with van der Waals surface area (Å²) in [4.78, 5) is 27.7. The maximum Gasteiger partial charge on any atom is 0.255 e. The van der Waals surface area contributed by atoms with Gasteiger partial charge in [-0.2, -0.15) is 0 Å². The van der Waals surface area contributed by atoms with Gasteiger partial charge < -0.3 is 10.2 Å². The third-order valence-corrected chi connectivity index (χ3v) is 6.04. The van der Waals surface area contributed by atoms with Crippen LogP contribution in [0.25, 0.3) is 0 Å². The van der Waals surface area contributed by atoms with Crippen LogP contribution in [0.1, 0.15) is 35.1 Å². The van der Waals surface area contributed by atoms with Crippen molar-refractivity contribution < 1.29 is 14.0 Å². The number of benzene rings is 2. The van der Waals surface area contributed by atoms with Gasteiger partial charge in [-0.05, 0) is 47.9 Å². The lowest BCUT2D eigenvalue weighted by Gasteiger charge is -2.29. The highest BCUT2D eigenvalue weighted by Crippen LogP contribution is 2.42. The Morgan fingerprint density at radius 2 is 1.82 bits per heavy atom. The Bertz CT molecular complexity index is 842. The van der Waals surface area contributed by atoms with E-state index in [0.717, 1.165) is 5.56 Å². The number of hydrogen-bond acceptors (Lipinski definition) is 3. The summed E-state index contributed by atoms with van der Waals surface area (Å²) in [5.41, 5.74) is 1.24. The molecule has 0 bridgehead atoms. The van der Waals surface area contributed by atoms with E-state index in [1.807, 2.05) is 13.8 Å². The van der Waals surface area contributed by atoms with Crippen molar-refractivity contribution in [1.82, 2.24) is 10.2 Å². The molecule has 0 unspecified atom stereocenters. The molecule has 2 aromatic carbocycles. The molecule has 0 aliphatic carbocycles. The van der Waals surface area contributed by atoms with Crippen molar-refractivity contribution in [3.63, 3.8) is 0 Å². The Morgan fingerprint density at radius 3 is 2.43 bits per heavy atom. The van der Waals surface area contributed by atoms with Gasteiger partial charge in [0.2, 0.25) is 5.91 Å². The van der Waals surface area contributed by atoms with Crippen molar-refractivity contribution in [3.05, 3.63) is 70.5 Å². The number of halogens is 2. The normalized spacial score (nSPS) is 19.1. The number of hydrogen-bond donors (Lipinski definition) is 1. The van der Waals surface area contributed by atoms with Gasteiger partial charge in [0.15, 0.2) is 0 Å². The van der Waals surface area contributed by atoms with Crippen molar-refractivity contribution in [2.75, 3.05) is 12.3 Å². The molecule has 2 atom stereocenters. The lowest BCUT2D eigenvalue weighted by atomic mass is 10.1. The zero-order chi connectivity index (χ0) is 20.3. The minimum atomic E-state index is -0.595. The molecule has 2 aromatic rings. The van der Waals surface area contributed by atoms with Crippen LogP contribution < -0.4 is 5.32 Å². The van der Waals surface area contributed by atoms with Gasteiger partial charge in [0.1, 0.15) is 17.2 Å². The SMILES string of the molecule is CC(C)CNC(=O)[C@H]1CS[C@@H](c2ccc(F)cc2)N1C(=O)c1ccc(Cl)cc1. The van der Waals surface area contributed by atoms with Crippen LogP contribution in [0.2, 0.25) is 5.02 Å². The van der Waals surface area contributed by atoms with Crippen LogP contribution in [0, 0.1) is 11.7 Å². The summed E-state index contributed by atoms with van der Waals surface area (Å²) in [6, 6.07) is 12.1. The summed E-state index contributed by atoms with van der Waals surface area (Å²) >= 11 is 7.44. The van der Waals surface area contributed by atoms with E-state index in [0.29, 0.717) is 28.8 Å². The predicted octanol–water partition coefficient (Wildman–Crippen LogP) is 4.51. The van der Waals surface area contributed by atoms with Crippen molar-refractivity contribution in [2.45, 2.75) is 25.3 Å². The average Bonchev–Trinajstić information content (AvgIpc) is 3.11. The molecule has 148 valence electrons. The van der Waals surface area contributed by atoms with E-state index in [1.165, 1.54) is 23.9 Å². The van der Waals surface area contributed by atoms with E-state index in [2.05, 4.69) is 5.32 Å². The van der Waals surface area contributed by atoms with Crippen molar-refractivity contribution >= 4 is 35.2 Å². The Hall–Kier alpha value is -2.05. The van der Waals surface area contributed by atoms with Gasteiger partial charge in [-0.25, -0.2) is 4.39 Å². The van der Waals surface area contributed by atoms with Crippen LogP contribution in [0.4, 0.5) is 4.39 Å². The molecule has 1 aliphatic rings. The van der Waals surface area contributed by atoms with E-state index < -0.39 is 6.04 Å². The van der Waals surface area contributed by atoms with E-state index in [9.17, 15) is 14.0 Å². The molecule has 0 spiro atoms. The van der Waals surface area contributed by atoms with Crippen LogP contribution in [0.5, 0.6) is 0 Å². The molecular formula is C21H22ClFN2O2S. The standard InChI is InChI=1S/C21H22ClFN2O2S/c1-13(2)11-24-19(26)18-12-28-21(15-5-9-17(23)10-6-15)25(18)20(27)14-3-7-16(22)8-4-14/h3-10,13,18,21H,11-12H2,1-2H3,(H,24,26)/t18-,21+/m1/s1. The molecule has 28 heavy (non-hydrogen) atoms. The monoisotopic (exact) mass is 420 g/mol. The summed E-state index contributed by atoms with van der Waals surface area (Å²) in [7, 11) is 0. The van der Waals surface area contributed by atoms with E-state index in [1.54, 1.807) is 41.3 Å². The summed E-state index contributed by atoms with van der Waals surface area (Å²) in [6.45, 7) is 4.58. The highest BCUT2D eigenvalue weighted by atomic mass is 35.5. The van der Waals surface area contributed by atoms with Crippen LogP contribution in [-0.2, 0) is 4.79 Å². The van der Waals surface area contributed by atoms with E-state index >= 15 is 0 Å². The molecular weight excluding hydrogens is 399 g/mol. The minimum Gasteiger partial charge on any atom is -0.354 e. The van der Waals surface area contributed by atoms with Gasteiger partial charge in [-0.1, -0.05) is 37.6 Å². The number of carbonyl (C=O) groups is 2. The fourth-order valence-corrected chi connectivity index (χ4v) is 4.56. The molecule has 3 rings (SSSR count). The quantitative estimate of drug-likeness (QED) is 0.774. The molecule has 4 nitrogen and oxygen atoms in total. The summed E-state index contributed by atoms with van der Waals surface area (Å²) in [5, 5.41) is 3.10. The van der Waals surface area contributed by atoms with Gasteiger partial charge >= 0.3 is 0 Å². The number of amides is 2. The first kappa shape index (κ1) is 20.7. The maximum absolute atomic E-state index is 13.3. The average molecular weight is 421 g/mol. The van der Waals surface area contributed by atoms with E-state index in [4.69, 9.17) is 11.6 Å². The van der Waals surface area contributed by atoms with Crippen LogP contribution in [0.3, 0.4) is 0 Å². The molecule has 1 aliphatic heterocycles. The highest BCUT2D eigenvalue weighted by Gasteiger charge is 2.42. The number of nitrogens with zero attached hydrogens (tertiary/aromatic N) is 1. The zero-order valence-electron chi connectivity index (χ0n) is 15.7. The molecule has 0 radical (unpaired) electrons. The third-order valence-electron chi connectivity index (χ3n) is 4.47. The third kappa shape index (κ3) is 4.67. The maximum atomic E-state index is 13.3. The fraction of sp³-hybridized carbons (Fsp3) is 0.333.